The van der Waals surface area contributed by atoms with Crippen molar-refractivity contribution in [2.75, 3.05) is 26.8 Å². The lowest BCUT2D eigenvalue weighted by Crippen LogP contribution is -2.40. The number of carbonyl (C=O) groups is 1. The second-order valence-corrected chi connectivity index (χ2v) is 3.72. The van der Waals surface area contributed by atoms with Crippen LogP contribution in [-0.2, 0) is 9.53 Å². The first-order chi connectivity index (χ1) is 7.01. The van der Waals surface area contributed by atoms with Gasteiger partial charge >= 0.3 is 0 Å². The van der Waals surface area contributed by atoms with Crippen LogP contribution >= 0.6 is 0 Å². The maximum absolute atomic E-state index is 11.9. The molecule has 0 aromatic rings. The van der Waals surface area contributed by atoms with Crippen molar-refractivity contribution in [1.29, 1.82) is 5.26 Å². The number of carbonyl (C=O) groups excluding carboxylic acids is 1. The zero-order valence-corrected chi connectivity index (χ0v) is 10.0. The van der Waals surface area contributed by atoms with E-state index in [2.05, 4.69) is 6.07 Å². The van der Waals surface area contributed by atoms with Crippen molar-refractivity contribution in [2.45, 2.75) is 27.2 Å². The second-order valence-electron chi connectivity index (χ2n) is 3.72. The SMILES string of the molecule is CCOCCN(C)C(=O)C(C)(C#N)CC. The number of likely N-dealkylation sites (N-methyl/N-ethyl adjacent to an activating group) is 1. The van der Waals surface area contributed by atoms with Gasteiger partial charge in [0, 0.05) is 20.2 Å². The van der Waals surface area contributed by atoms with Gasteiger partial charge in [-0.25, -0.2) is 0 Å². The summed E-state index contributed by atoms with van der Waals surface area (Å²) in [6, 6.07) is 2.07. The van der Waals surface area contributed by atoms with Gasteiger partial charge in [0.15, 0.2) is 0 Å². The molecule has 0 aliphatic heterocycles. The van der Waals surface area contributed by atoms with E-state index >= 15 is 0 Å². The number of amides is 1. The molecule has 0 N–H and O–H groups in total. The summed E-state index contributed by atoms with van der Waals surface area (Å²) >= 11 is 0. The third-order valence-electron chi connectivity index (χ3n) is 2.55. The molecule has 0 radical (unpaired) electrons. The Kier molecular flexibility index (Phi) is 5.95. The van der Waals surface area contributed by atoms with Crippen molar-refractivity contribution in [3.8, 4) is 6.07 Å². The van der Waals surface area contributed by atoms with Gasteiger partial charge < -0.3 is 9.64 Å². The van der Waals surface area contributed by atoms with Crippen LogP contribution < -0.4 is 0 Å². The van der Waals surface area contributed by atoms with Crippen LogP contribution in [-0.4, -0.2) is 37.6 Å². The smallest absolute Gasteiger partial charge is 0.242 e. The molecule has 0 aliphatic rings. The summed E-state index contributed by atoms with van der Waals surface area (Å²) in [5.74, 6) is -0.132. The highest BCUT2D eigenvalue weighted by Crippen LogP contribution is 2.22. The van der Waals surface area contributed by atoms with Gasteiger partial charge in [-0.2, -0.15) is 5.26 Å². The van der Waals surface area contributed by atoms with E-state index in [1.54, 1.807) is 18.9 Å². The molecule has 86 valence electrons. The Morgan fingerprint density at radius 3 is 2.53 bits per heavy atom. The summed E-state index contributed by atoms with van der Waals surface area (Å²) in [6.45, 7) is 7.12. The molecule has 4 nitrogen and oxygen atoms in total. The summed E-state index contributed by atoms with van der Waals surface area (Å²) in [5, 5.41) is 8.95. The van der Waals surface area contributed by atoms with E-state index in [1.807, 2.05) is 13.8 Å². The molecule has 4 heteroatoms. The molecule has 15 heavy (non-hydrogen) atoms. The van der Waals surface area contributed by atoms with Crippen LogP contribution in [0.4, 0.5) is 0 Å². The van der Waals surface area contributed by atoms with Crippen LogP contribution in [0.25, 0.3) is 0 Å². The lowest BCUT2D eigenvalue weighted by atomic mass is 9.88. The van der Waals surface area contributed by atoms with Gasteiger partial charge in [0.2, 0.25) is 5.91 Å². The van der Waals surface area contributed by atoms with Crippen molar-refractivity contribution in [2.24, 2.45) is 5.41 Å². The maximum Gasteiger partial charge on any atom is 0.242 e. The third kappa shape index (κ3) is 3.88. The van der Waals surface area contributed by atoms with Gasteiger partial charge in [0.25, 0.3) is 0 Å². The number of hydrogen-bond acceptors (Lipinski definition) is 3. The summed E-state index contributed by atoms with van der Waals surface area (Å²) in [7, 11) is 1.70. The Balaban J connectivity index is 4.25. The van der Waals surface area contributed by atoms with E-state index in [0.717, 1.165) is 0 Å². The Labute approximate surface area is 91.8 Å². The summed E-state index contributed by atoms with van der Waals surface area (Å²) in [4.78, 5) is 13.4. The van der Waals surface area contributed by atoms with E-state index in [1.165, 1.54) is 0 Å². The second kappa shape index (κ2) is 6.41. The lowest BCUT2D eigenvalue weighted by Gasteiger charge is -2.25. The maximum atomic E-state index is 11.9. The normalized spacial score (nSPS) is 14.1. The molecule has 0 saturated carbocycles. The van der Waals surface area contributed by atoms with Crippen molar-refractivity contribution >= 4 is 5.91 Å². The van der Waals surface area contributed by atoms with Crippen molar-refractivity contribution in [3.05, 3.63) is 0 Å². The fraction of sp³-hybridized carbons (Fsp3) is 0.818. The molecule has 1 atom stereocenters. The number of nitrogens with zero attached hydrogens (tertiary/aromatic N) is 2. The van der Waals surface area contributed by atoms with E-state index in [9.17, 15) is 4.79 Å². The molecule has 0 bridgehead atoms. The summed E-state index contributed by atoms with van der Waals surface area (Å²) in [5.41, 5.74) is -0.902. The number of hydrogen-bond donors (Lipinski definition) is 0. The van der Waals surface area contributed by atoms with Gasteiger partial charge in [-0.15, -0.1) is 0 Å². The zero-order chi connectivity index (χ0) is 11.9. The van der Waals surface area contributed by atoms with Crippen molar-refractivity contribution < 1.29 is 9.53 Å². The molecule has 0 fully saturated rings. The average molecular weight is 212 g/mol. The first-order valence-corrected chi connectivity index (χ1v) is 5.26. The van der Waals surface area contributed by atoms with E-state index in [4.69, 9.17) is 10.00 Å². The molecule has 0 aromatic heterocycles. The third-order valence-corrected chi connectivity index (χ3v) is 2.55. The van der Waals surface area contributed by atoms with Gasteiger partial charge in [0.05, 0.1) is 12.7 Å². The number of rotatable bonds is 6. The topological polar surface area (TPSA) is 53.3 Å². The minimum Gasteiger partial charge on any atom is -0.380 e. The zero-order valence-electron chi connectivity index (χ0n) is 10.0. The van der Waals surface area contributed by atoms with Crippen LogP contribution in [0, 0.1) is 16.7 Å². The fourth-order valence-corrected chi connectivity index (χ4v) is 1.15. The van der Waals surface area contributed by atoms with Gasteiger partial charge in [-0.1, -0.05) is 6.92 Å². The molecule has 0 rings (SSSR count). The first kappa shape index (κ1) is 13.9. The van der Waals surface area contributed by atoms with Gasteiger partial charge in [-0.05, 0) is 20.3 Å². The Bertz CT molecular complexity index is 247. The minimum absolute atomic E-state index is 0.132. The van der Waals surface area contributed by atoms with Crippen LogP contribution in [0.5, 0.6) is 0 Å². The quantitative estimate of drug-likeness (QED) is 0.626. The Morgan fingerprint density at radius 2 is 2.13 bits per heavy atom. The van der Waals surface area contributed by atoms with Crippen LogP contribution in [0.15, 0.2) is 0 Å². The molecule has 0 aliphatic carbocycles. The van der Waals surface area contributed by atoms with Crippen LogP contribution in [0.2, 0.25) is 0 Å². The number of nitriles is 1. The van der Waals surface area contributed by atoms with Crippen LogP contribution in [0.3, 0.4) is 0 Å². The summed E-state index contributed by atoms with van der Waals surface area (Å²) < 4.78 is 5.16. The minimum atomic E-state index is -0.902. The highest BCUT2D eigenvalue weighted by Gasteiger charge is 2.33. The molecule has 0 saturated heterocycles. The largest absolute Gasteiger partial charge is 0.380 e. The molecule has 0 heterocycles. The van der Waals surface area contributed by atoms with E-state index in [-0.39, 0.29) is 5.91 Å². The molecular formula is C11H20N2O2. The lowest BCUT2D eigenvalue weighted by molar-refractivity contribution is -0.137. The molecular weight excluding hydrogens is 192 g/mol. The summed E-state index contributed by atoms with van der Waals surface area (Å²) in [6.07, 6.45) is 0.529. The van der Waals surface area contributed by atoms with Gasteiger partial charge in [-0.3, -0.25) is 4.79 Å². The Morgan fingerprint density at radius 1 is 1.53 bits per heavy atom. The highest BCUT2D eigenvalue weighted by atomic mass is 16.5. The van der Waals surface area contributed by atoms with Crippen molar-refractivity contribution in [3.63, 3.8) is 0 Å². The van der Waals surface area contributed by atoms with Crippen LogP contribution in [0.1, 0.15) is 27.2 Å². The highest BCUT2D eigenvalue weighted by molar-refractivity contribution is 5.84. The monoisotopic (exact) mass is 212 g/mol. The molecule has 0 aromatic carbocycles. The Hall–Kier alpha value is -1.08. The predicted octanol–water partition coefficient (Wildman–Crippen LogP) is 1.42. The van der Waals surface area contributed by atoms with E-state index in [0.29, 0.717) is 26.2 Å². The number of ether oxygens (including phenoxy) is 1. The fourth-order valence-electron chi connectivity index (χ4n) is 1.15. The van der Waals surface area contributed by atoms with Gasteiger partial charge in [0.1, 0.15) is 5.41 Å². The molecule has 1 unspecified atom stereocenters. The molecule has 0 spiro atoms. The van der Waals surface area contributed by atoms with E-state index < -0.39 is 5.41 Å². The van der Waals surface area contributed by atoms with Crippen molar-refractivity contribution in [1.82, 2.24) is 4.90 Å². The predicted molar refractivity (Wildman–Crippen MR) is 58.1 cm³/mol. The standard InChI is InChI=1S/C11H20N2O2/c1-5-11(3,9-12)10(14)13(4)7-8-15-6-2/h5-8H2,1-4H3. The average Bonchev–Trinajstić information content (AvgIpc) is 2.27. The first-order valence-electron chi connectivity index (χ1n) is 5.26. The molecule has 1 amide bonds.